The van der Waals surface area contributed by atoms with Crippen molar-refractivity contribution < 1.29 is 14.0 Å². The molecular weight excluding hydrogens is 297 g/mol. The Morgan fingerprint density at radius 3 is 3.04 bits per heavy atom. The van der Waals surface area contributed by atoms with Crippen LogP contribution in [0.4, 0.5) is 4.39 Å². The van der Waals surface area contributed by atoms with Crippen LogP contribution in [0.2, 0.25) is 0 Å². The average molecular weight is 319 g/mol. The van der Waals surface area contributed by atoms with Gasteiger partial charge in [0, 0.05) is 24.6 Å². The molecule has 0 spiro atoms. The molecule has 2 heterocycles. The molecule has 23 heavy (non-hydrogen) atoms. The predicted octanol–water partition coefficient (Wildman–Crippen LogP) is 1.78. The summed E-state index contributed by atoms with van der Waals surface area (Å²) in [6, 6.07) is 6.35. The van der Waals surface area contributed by atoms with Crippen molar-refractivity contribution >= 4 is 11.6 Å². The smallest absolute Gasteiger partial charge is 0.264 e. The van der Waals surface area contributed by atoms with Gasteiger partial charge in [-0.05, 0) is 38.1 Å². The maximum absolute atomic E-state index is 13.3. The fraction of sp³-hybridized carbons (Fsp3) is 0.529. The summed E-state index contributed by atoms with van der Waals surface area (Å²) >= 11 is 0. The maximum atomic E-state index is 13.3. The van der Waals surface area contributed by atoms with E-state index >= 15 is 0 Å². The Labute approximate surface area is 135 Å². The van der Waals surface area contributed by atoms with Crippen LogP contribution in [0, 0.1) is 11.7 Å². The van der Waals surface area contributed by atoms with Gasteiger partial charge in [-0.15, -0.1) is 0 Å². The second-order valence-corrected chi connectivity index (χ2v) is 6.49. The average Bonchev–Trinajstić information content (AvgIpc) is 3.00. The quantitative estimate of drug-likeness (QED) is 0.924. The lowest BCUT2D eigenvalue weighted by Crippen LogP contribution is -2.51. The van der Waals surface area contributed by atoms with Crippen LogP contribution in [0.15, 0.2) is 29.4 Å². The van der Waals surface area contributed by atoms with Crippen LogP contribution in [0.5, 0.6) is 0 Å². The van der Waals surface area contributed by atoms with Crippen molar-refractivity contribution in [3.05, 3.63) is 35.6 Å². The first kappa shape index (κ1) is 15.9. The van der Waals surface area contributed by atoms with Gasteiger partial charge in [0.2, 0.25) is 6.10 Å². The molecule has 0 radical (unpaired) electrons. The number of hydrogen-bond acceptors (Lipinski definition) is 4. The summed E-state index contributed by atoms with van der Waals surface area (Å²) in [5, 5.41) is 7.03. The topological polar surface area (TPSA) is 53.9 Å². The van der Waals surface area contributed by atoms with E-state index in [1.165, 1.54) is 12.1 Å². The Hall–Kier alpha value is -1.95. The summed E-state index contributed by atoms with van der Waals surface area (Å²) in [5.41, 5.74) is 1.27. The van der Waals surface area contributed by atoms with Crippen molar-refractivity contribution in [2.45, 2.75) is 31.9 Å². The van der Waals surface area contributed by atoms with E-state index in [1.807, 2.05) is 0 Å². The number of hydrogen-bond donors (Lipinski definition) is 1. The van der Waals surface area contributed by atoms with Gasteiger partial charge in [0.1, 0.15) is 5.82 Å². The van der Waals surface area contributed by atoms with Crippen molar-refractivity contribution in [3.63, 3.8) is 0 Å². The van der Waals surface area contributed by atoms with Crippen molar-refractivity contribution in [1.82, 2.24) is 10.2 Å². The van der Waals surface area contributed by atoms with Crippen LogP contribution < -0.4 is 5.32 Å². The van der Waals surface area contributed by atoms with Gasteiger partial charge < -0.3 is 15.1 Å². The first-order chi connectivity index (χ1) is 11.0. The normalized spacial score (nSPS) is 28.1. The van der Waals surface area contributed by atoms with Crippen LogP contribution in [0.3, 0.4) is 0 Å². The van der Waals surface area contributed by atoms with Crippen LogP contribution in [0.1, 0.15) is 25.3 Å². The Kier molecular flexibility index (Phi) is 4.61. The summed E-state index contributed by atoms with van der Waals surface area (Å²) in [6.45, 7) is 4.10. The molecule has 3 atom stereocenters. The summed E-state index contributed by atoms with van der Waals surface area (Å²) in [6.07, 6.45) is 0.685. The lowest BCUT2D eigenvalue weighted by Gasteiger charge is -2.35. The number of piperidine rings is 1. The largest absolute Gasteiger partial charge is 0.382 e. The molecule has 124 valence electrons. The minimum Gasteiger partial charge on any atom is -0.382 e. The van der Waals surface area contributed by atoms with Crippen molar-refractivity contribution in [1.29, 1.82) is 0 Å². The standard InChI is InChI=1S/C17H22FN3O2/c1-11-10-21(2)7-6-14(11)19-17(22)16-9-15(20-23-16)12-4-3-5-13(18)8-12/h3-5,8,11,14,16H,6-7,9-10H2,1-2H3,(H,19,22)/t11-,14-,16-/m1/s1. The van der Waals surface area contributed by atoms with E-state index in [0.29, 0.717) is 23.6 Å². The summed E-state index contributed by atoms with van der Waals surface area (Å²) in [5.74, 6) is -0.0532. The Bertz CT molecular complexity index is 620. The zero-order chi connectivity index (χ0) is 16.4. The number of benzene rings is 1. The van der Waals surface area contributed by atoms with E-state index in [-0.39, 0.29) is 17.8 Å². The highest BCUT2D eigenvalue weighted by Crippen LogP contribution is 2.20. The third kappa shape index (κ3) is 3.69. The van der Waals surface area contributed by atoms with E-state index < -0.39 is 6.10 Å². The number of carbonyl (C=O) groups is 1. The van der Waals surface area contributed by atoms with E-state index in [2.05, 4.69) is 29.3 Å². The van der Waals surface area contributed by atoms with Gasteiger partial charge in [-0.25, -0.2) is 4.39 Å². The van der Waals surface area contributed by atoms with Crippen molar-refractivity contribution in [2.75, 3.05) is 20.1 Å². The van der Waals surface area contributed by atoms with Gasteiger partial charge in [0.05, 0.1) is 5.71 Å². The zero-order valence-electron chi connectivity index (χ0n) is 13.5. The van der Waals surface area contributed by atoms with Crippen molar-refractivity contribution in [3.8, 4) is 0 Å². The third-order valence-corrected chi connectivity index (χ3v) is 4.56. The van der Waals surface area contributed by atoms with Crippen LogP contribution >= 0.6 is 0 Å². The van der Waals surface area contributed by atoms with Gasteiger partial charge in [-0.3, -0.25) is 4.79 Å². The third-order valence-electron chi connectivity index (χ3n) is 4.56. The van der Waals surface area contributed by atoms with Crippen LogP contribution in [0.25, 0.3) is 0 Å². The molecule has 2 aliphatic rings. The molecule has 1 aromatic rings. The van der Waals surface area contributed by atoms with Crippen molar-refractivity contribution in [2.24, 2.45) is 11.1 Å². The molecule has 1 amide bonds. The molecule has 0 aromatic heterocycles. The molecule has 1 N–H and O–H groups in total. The predicted molar refractivity (Wildman–Crippen MR) is 85.6 cm³/mol. The number of nitrogens with one attached hydrogen (secondary N) is 1. The first-order valence-corrected chi connectivity index (χ1v) is 8.00. The number of nitrogens with zero attached hydrogens (tertiary/aromatic N) is 2. The van der Waals surface area contributed by atoms with E-state index in [0.717, 1.165) is 19.5 Å². The number of rotatable bonds is 3. The number of amides is 1. The molecule has 2 aliphatic heterocycles. The highest BCUT2D eigenvalue weighted by molar-refractivity contribution is 6.04. The summed E-state index contributed by atoms with van der Waals surface area (Å²) in [4.78, 5) is 19.9. The molecule has 0 aliphatic carbocycles. The lowest BCUT2D eigenvalue weighted by atomic mass is 9.94. The monoisotopic (exact) mass is 319 g/mol. The molecule has 1 saturated heterocycles. The van der Waals surface area contributed by atoms with Gasteiger partial charge in [0.15, 0.2) is 0 Å². The number of halogens is 1. The maximum Gasteiger partial charge on any atom is 0.264 e. The van der Waals surface area contributed by atoms with Gasteiger partial charge in [-0.1, -0.05) is 24.2 Å². The summed E-state index contributed by atoms with van der Waals surface area (Å²) in [7, 11) is 2.09. The number of oxime groups is 1. The molecule has 5 nitrogen and oxygen atoms in total. The number of likely N-dealkylation sites (tertiary alicyclic amines) is 1. The first-order valence-electron chi connectivity index (χ1n) is 8.00. The summed E-state index contributed by atoms with van der Waals surface area (Å²) < 4.78 is 13.3. The molecule has 0 saturated carbocycles. The molecule has 1 aromatic carbocycles. The highest BCUT2D eigenvalue weighted by Gasteiger charge is 2.32. The Balaban J connectivity index is 1.56. The minimum atomic E-state index is -0.625. The molecule has 1 fully saturated rings. The Morgan fingerprint density at radius 1 is 1.48 bits per heavy atom. The second kappa shape index (κ2) is 6.66. The van der Waals surface area contributed by atoms with Crippen LogP contribution in [-0.4, -0.2) is 48.8 Å². The molecular formula is C17H22FN3O2. The number of carbonyl (C=O) groups excluding carboxylic acids is 1. The van der Waals surface area contributed by atoms with E-state index in [4.69, 9.17) is 4.84 Å². The SMILES string of the molecule is C[C@@H]1CN(C)CC[C@H]1NC(=O)[C@H]1CC(c2cccc(F)c2)=NO1. The molecule has 0 unspecified atom stereocenters. The van der Waals surface area contributed by atoms with Crippen LogP contribution in [-0.2, 0) is 9.63 Å². The van der Waals surface area contributed by atoms with E-state index in [1.54, 1.807) is 12.1 Å². The fourth-order valence-electron chi connectivity index (χ4n) is 3.20. The fourth-order valence-corrected chi connectivity index (χ4v) is 3.20. The van der Waals surface area contributed by atoms with E-state index in [9.17, 15) is 9.18 Å². The highest BCUT2D eigenvalue weighted by atomic mass is 19.1. The zero-order valence-corrected chi connectivity index (χ0v) is 13.5. The molecule has 3 rings (SSSR count). The lowest BCUT2D eigenvalue weighted by molar-refractivity contribution is -0.132. The van der Waals surface area contributed by atoms with Gasteiger partial charge in [-0.2, -0.15) is 0 Å². The second-order valence-electron chi connectivity index (χ2n) is 6.49. The minimum absolute atomic E-state index is 0.137. The van der Waals surface area contributed by atoms with Gasteiger partial charge in [0.25, 0.3) is 5.91 Å². The Morgan fingerprint density at radius 2 is 2.30 bits per heavy atom. The van der Waals surface area contributed by atoms with Gasteiger partial charge >= 0.3 is 0 Å². The molecule has 6 heteroatoms. The molecule has 0 bridgehead atoms.